The van der Waals surface area contributed by atoms with Gasteiger partial charge < -0.3 is 10.2 Å². The van der Waals surface area contributed by atoms with Crippen LogP contribution in [-0.4, -0.2) is 40.0 Å². The Kier molecular flexibility index (Phi) is 5.26. The lowest BCUT2D eigenvalue weighted by Gasteiger charge is -2.12. The third kappa shape index (κ3) is 3.88. The van der Waals surface area contributed by atoms with Crippen molar-refractivity contribution in [1.82, 2.24) is 20.0 Å². The summed E-state index contributed by atoms with van der Waals surface area (Å²) in [6.45, 7) is 2.58. The molecule has 0 spiro atoms. The van der Waals surface area contributed by atoms with E-state index in [1.165, 1.54) is 0 Å². The van der Waals surface area contributed by atoms with Crippen molar-refractivity contribution in [1.29, 1.82) is 0 Å². The Morgan fingerprint density at radius 2 is 1.96 bits per heavy atom. The number of anilines is 2. The molecule has 0 fully saturated rings. The summed E-state index contributed by atoms with van der Waals surface area (Å²) in [6.07, 6.45) is 2.33. The highest BCUT2D eigenvalue weighted by atomic mass is 16.2. The van der Waals surface area contributed by atoms with Crippen LogP contribution in [0.3, 0.4) is 0 Å². The van der Waals surface area contributed by atoms with Gasteiger partial charge in [-0.2, -0.15) is 0 Å². The lowest BCUT2D eigenvalue weighted by molar-refractivity contribution is 0.102. The van der Waals surface area contributed by atoms with Crippen molar-refractivity contribution in [2.24, 2.45) is 0 Å². The Morgan fingerprint density at radius 1 is 1.19 bits per heavy atom. The van der Waals surface area contributed by atoms with E-state index in [1.807, 2.05) is 62.3 Å². The van der Waals surface area contributed by atoms with Crippen LogP contribution in [0.1, 0.15) is 28.7 Å². The first-order valence-electron chi connectivity index (χ1n) is 8.49. The van der Waals surface area contributed by atoms with E-state index in [1.54, 1.807) is 16.9 Å². The largest absolute Gasteiger partial charge is 0.363 e. The Bertz CT molecular complexity index is 888. The first-order valence-corrected chi connectivity index (χ1v) is 8.49. The molecule has 0 radical (unpaired) electrons. The minimum atomic E-state index is -0.267. The van der Waals surface area contributed by atoms with Gasteiger partial charge in [-0.25, -0.2) is 9.67 Å². The highest BCUT2D eigenvalue weighted by Gasteiger charge is 2.19. The summed E-state index contributed by atoms with van der Waals surface area (Å²) < 4.78 is 1.78. The first-order chi connectivity index (χ1) is 12.6. The molecule has 2 heterocycles. The molecule has 1 aromatic carbocycles. The van der Waals surface area contributed by atoms with Gasteiger partial charge in [0.1, 0.15) is 5.82 Å². The second kappa shape index (κ2) is 7.77. The normalized spacial score (nSPS) is 10.6. The maximum Gasteiger partial charge on any atom is 0.278 e. The number of aromatic nitrogens is 4. The lowest BCUT2D eigenvalue weighted by Crippen LogP contribution is -2.17. The number of hydrogen-bond acceptors (Lipinski definition) is 5. The molecule has 3 aromatic rings. The van der Waals surface area contributed by atoms with Crippen LogP contribution in [0.15, 0.2) is 48.7 Å². The van der Waals surface area contributed by atoms with Gasteiger partial charge >= 0.3 is 0 Å². The number of nitrogens with one attached hydrogen (secondary N) is 1. The van der Waals surface area contributed by atoms with Crippen molar-refractivity contribution >= 4 is 17.4 Å². The monoisotopic (exact) mass is 350 g/mol. The van der Waals surface area contributed by atoms with Gasteiger partial charge in [0.25, 0.3) is 5.91 Å². The zero-order valence-electron chi connectivity index (χ0n) is 15.2. The number of hydrogen-bond donors (Lipinski definition) is 1. The van der Waals surface area contributed by atoms with E-state index >= 15 is 0 Å². The minimum Gasteiger partial charge on any atom is -0.363 e. The highest BCUT2D eigenvalue weighted by Crippen LogP contribution is 2.16. The Morgan fingerprint density at radius 3 is 2.65 bits per heavy atom. The van der Waals surface area contributed by atoms with Crippen LogP contribution in [-0.2, 0) is 13.0 Å². The van der Waals surface area contributed by atoms with Gasteiger partial charge in [-0.15, -0.1) is 5.10 Å². The Labute approximate surface area is 152 Å². The van der Waals surface area contributed by atoms with Gasteiger partial charge in [0, 0.05) is 32.0 Å². The quantitative estimate of drug-likeness (QED) is 0.739. The smallest absolute Gasteiger partial charge is 0.278 e. The number of pyridine rings is 1. The standard InChI is InChI=1S/C19H22N6O/c1-4-16-18(22-23-25(16)13-14-8-6-5-7-9-14)19(26)21-15-10-11-20-17(12-15)24(2)3/h5-12H,4,13H2,1-3H3,(H,20,21,26). The molecule has 0 aliphatic heterocycles. The van der Waals surface area contributed by atoms with Crippen LogP contribution >= 0.6 is 0 Å². The third-order valence-electron chi connectivity index (χ3n) is 4.02. The van der Waals surface area contributed by atoms with Crippen LogP contribution < -0.4 is 10.2 Å². The fourth-order valence-corrected chi connectivity index (χ4v) is 2.67. The van der Waals surface area contributed by atoms with Crippen LogP contribution in [0.2, 0.25) is 0 Å². The Hall–Kier alpha value is -3.22. The maximum atomic E-state index is 12.7. The van der Waals surface area contributed by atoms with Gasteiger partial charge in [-0.1, -0.05) is 42.5 Å². The summed E-state index contributed by atoms with van der Waals surface area (Å²) in [5.41, 5.74) is 2.96. The second-order valence-electron chi connectivity index (χ2n) is 6.13. The summed E-state index contributed by atoms with van der Waals surface area (Å²) in [6, 6.07) is 13.6. The predicted octanol–water partition coefficient (Wildman–Crippen LogP) is 2.60. The molecule has 0 unspecified atom stereocenters. The number of carbonyl (C=O) groups excluding carboxylic acids is 1. The van der Waals surface area contributed by atoms with Crippen molar-refractivity contribution in [3.8, 4) is 0 Å². The van der Waals surface area contributed by atoms with Crippen molar-refractivity contribution in [3.05, 3.63) is 65.6 Å². The maximum absolute atomic E-state index is 12.7. The zero-order chi connectivity index (χ0) is 18.5. The first kappa shape index (κ1) is 17.6. The van der Waals surface area contributed by atoms with E-state index in [4.69, 9.17) is 0 Å². The molecular weight excluding hydrogens is 328 g/mol. The molecule has 7 nitrogen and oxygen atoms in total. The fraction of sp³-hybridized carbons (Fsp3) is 0.263. The average Bonchev–Trinajstić information content (AvgIpc) is 3.05. The molecule has 2 aromatic heterocycles. The minimum absolute atomic E-state index is 0.267. The van der Waals surface area contributed by atoms with E-state index in [0.29, 0.717) is 24.3 Å². The summed E-state index contributed by atoms with van der Waals surface area (Å²) >= 11 is 0. The highest BCUT2D eigenvalue weighted by molar-refractivity contribution is 6.03. The number of carbonyl (C=O) groups is 1. The topological polar surface area (TPSA) is 75.9 Å². The number of amides is 1. The van der Waals surface area contributed by atoms with Crippen molar-refractivity contribution in [2.45, 2.75) is 19.9 Å². The van der Waals surface area contributed by atoms with E-state index in [-0.39, 0.29) is 5.91 Å². The number of rotatable bonds is 6. The predicted molar refractivity (Wildman–Crippen MR) is 101 cm³/mol. The lowest BCUT2D eigenvalue weighted by atomic mass is 10.2. The molecule has 0 aliphatic carbocycles. The average molecular weight is 350 g/mol. The molecule has 0 aliphatic rings. The molecule has 7 heteroatoms. The van der Waals surface area contributed by atoms with Crippen LogP contribution in [0.25, 0.3) is 0 Å². The van der Waals surface area contributed by atoms with Crippen molar-refractivity contribution in [2.75, 3.05) is 24.3 Å². The van der Waals surface area contributed by atoms with Crippen molar-refractivity contribution in [3.63, 3.8) is 0 Å². The molecule has 0 atom stereocenters. The zero-order valence-corrected chi connectivity index (χ0v) is 15.2. The fourth-order valence-electron chi connectivity index (χ4n) is 2.67. The van der Waals surface area contributed by atoms with Gasteiger partial charge in [0.2, 0.25) is 0 Å². The van der Waals surface area contributed by atoms with Crippen molar-refractivity contribution < 1.29 is 4.79 Å². The molecule has 0 saturated carbocycles. The third-order valence-corrected chi connectivity index (χ3v) is 4.02. The molecule has 0 bridgehead atoms. The van der Waals surface area contributed by atoms with Gasteiger partial charge in [-0.3, -0.25) is 4.79 Å². The molecule has 1 amide bonds. The summed E-state index contributed by atoms with van der Waals surface area (Å²) in [7, 11) is 3.80. The van der Waals surface area contributed by atoms with E-state index in [9.17, 15) is 4.79 Å². The van der Waals surface area contributed by atoms with Gasteiger partial charge in [-0.05, 0) is 18.1 Å². The Balaban J connectivity index is 1.80. The van der Waals surface area contributed by atoms with E-state index in [0.717, 1.165) is 17.1 Å². The summed E-state index contributed by atoms with van der Waals surface area (Å²) in [5, 5.41) is 11.2. The van der Waals surface area contributed by atoms with Crippen LogP contribution in [0.5, 0.6) is 0 Å². The molecule has 3 rings (SSSR count). The van der Waals surface area contributed by atoms with Gasteiger partial charge in [0.15, 0.2) is 5.69 Å². The molecule has 1 N–H and O–H groups in total. The molecule has 26 heavy (non-hydrogen) atoms. The van der Waals surface area contributed by atoms with Gasteiger partial charge in [0.05, 0.1) is 12.2 Å². The molecular formula is C19H22N6O. The number of nitrogens with zero attached hydrogens (tertiary/aromatic N) is 5. The number of benzene rings is 1. The van der Waals surface area contributed by atoms with Crippen LogP contribution in [0, 0.1) is 0 Å². The SMILES string of the molecule is CCc1c(C(=O)Nc2ccnc(N(C)C)c2)nnn1Cc1ccccc1. The summed E-state index contributed by atoms with van der Waals surface area (Å²) in [5.74, 6) is 0.503. The second-order valence-corrected chi connectivity index (χ2v) is 6.13. The van der Waals surface area contributed by atoms with E-state index in [2.05, 4.69) is 20.6 Å². The van der Waals surface area contributed by atoms with Crippen LogP contribution in [0.4, 0.5) is 11.5 Å². The molecule has 0 saturated heterocycles. The summed E-state index contributed by atoms with van der Waals surface area (Å²) in [4.78, 5) is 18.8. The van der Waals surface area contributed by atoms with E-state index < -0.39 is 0 Å². The molecule has 134 valence electrons.